The molecule has 0 bridgehead atoms. The Balaban J connectivity index is 1.54. The number of carbonyl (C=O) groups is 1. The molecule has 1 amide bonds. The number of halogens is 1. The molecule has 0 unspecified atom stereocenters. The summed E-state index contributed by atoms with van der Waals surface area (Å²) in [5.74, 6) is 1.60. The minimum Gasteiger partial charge on any atom is -0.484 e. The summed E-state index contributed by atoms with van der Waals surface area (Å²) < 4.78 is 10.9. The van der Waals surface area contributed by atoms with Crippen LogP contribution < -0.4 is 10.2 Å². The van der Waals surface area contributed by atoms with Crippen LogP contribution >= 0.6 is 11.6 Å². The molecule has 25 heavy (non-hydrogen) atoms. The van der Waals surface area contributed by atoms with E-state index in [4.69, 9.17) is 20.8 Å². The molecule has 0 saturated carbocycles. The van der Waals surface area contributed by atoms with Crippen molar-refractivity contribution in [2.24, 2.45) is 5.10 Å². The molecule has 2 N–H and O–H groups in total. The second kappa shape index (κ2) is 7.67. The van der Waals surface area contributed by atoms with Crippen molar-refractivity contribution >= 4 is 23.7 Å². The SMILES string of the molecule is Cc1ccc(-c2[nH]ncc2/C=N/NC(=O)COc2ccc(Cl)cc2)o1. The molecule has 3 aromatic rings. The van der Waals surface area contributed by atoms with Crippen molar-refractivity contribution in [2.45, 2.75) is 6.92 Å². The Bertz CT molecular complexity index is 883. The van der Waals surface area contributed by atoms with Crippen LogP contribution in [0.1, 0.15) is 11.3 Å². The first-order valence-corrected chi connectivity index (χ1v) is 7.80. The van der Waals surface area contributed by atoms with Crippen LogP contribution in [0.25, 0.3) is 11.5 Å². The highest BCUT2D eigenvalue weighted by atomic mass is 35.5. The van der Waals surface area contributed by atoms with E-state index in [0.29, 0.717) is 27.8 Å². The highest BCUT2D eigenvalue weighted by Gasteiger charge is 2.09. The van der Waals surface area contributed by atoms with Gasteiger partial charge in [-0.3, -0.25) is 9.89 Å². The van der Waals surface area contributed by atoms with Crippen molar-refractivity contribution in [1.29, 1.82) is 0 Å². The van der Waals surface area contributed by atoms with Crippen molar-refractivity contribution < 1.29 is 13.9 Å². The van der Waals surface area contributed by atoms with Gasteiger partial charge in [0.25, 0.3) is 5.91 Å². The summed E-state index contributed by atoms with van der Waals surface area (Å²) >= 11 is 5.78. The molecule has 0 radical (unpaired) electrons. The molecule has 128 valence electrons. The Kier molecular flexibility index (Phi) is 5.15. The van der Waals surface area contributed by atoms with E-state index in [1.54, 1.807) is 30.5 Å². The minimum absolute atomic E-state index is 0.158. The number of aryl methyl sites for hydroxylation is 1. The van der Waals surface area contributed by atoms with Gasteiger partial charge in [-0.25, -0.2) is 5.43 Å². The number of carbonyl (C=O) groups excluding carboxylic acids is 1. The zero-order chi connectivity index (χ0) is 17.6. The predicted octanol–water partition coefficient (Wildman–Crippen LogP) is 3.16. The molecular weight excluding hydrogens is 344 g/mol. The molecule has 0 aliphatic rings. The van der Waals surface area contributed by atoms with Crippen LogP contribution in [0, 0.1) is 6.92 Å². The number of furan rings is 1. The maximum absolute atomic E-state index is 11.8. The molecule has 0 atom stereocenters. The first-order chi connectivity index (χ1) is 12.1. The Morgan fingerprint density at radius 2 is 2.16 bits per heavy atom. The van der Waals surface area contributed by atoms with Crippen LogP contribution in [0.15, 0.2) is 52.1 Å². The molecular formula is C17H15ClN4O3. The summed E-state index contributed by atoms with van der Waals surface area (Å²) in [5.41, 5.74) is 3.77. The third-order valence-corrected chi connectivity index (χ3v) is 3.48. The number of amides is 1. The lowest BCUT2D eigenvalue weighted by Gasteiger charge is -2.04. The fourth-order valence-electron chi connectivity index (χ4n) is 2.05. The smallest absolute Gasteiger partial charge is 0.277 e. The number of nitrogens with zero attached hydrogens (tertiary/aromatic N) is 2. The quantitative estimate of drug-likeness (QED) is 0.523. The van der Waals surface area contributed by atoms with Gasteiger partial charge in [0.15, 0.2) is 12.4 Å². The monoisotopic (exact) mass is 358 g/mol. The van der Waals surface area contributed by atoms with E-state index in [9.17, 15) is 4.79 Å². The maximum atomic E-state index is 11.8. The molecule has 7 nitrogen and oxygen atoms in total. The summed E-state index contributed by atoms with van der Waals surface area (Å²) in [6.45, 7) is 1.70. The fourth-order valence-corrected chi connectivity index (χ4v) is 2.17. The summed E-state index contributed by atoms with van der Waals surface area (Å²) in [5, 5.41) is 11.3. The molecule has 0 aliphatic heterocycles. The number of hydrazone groups is 1. The zero-order valence-corrected chi connectivity index (χ0v) is 14.1. The summed E-state index contributed by atoms with van der Waals surface area (Å²) in [6.07, 6.45) is 3.07. The van der Waals surface area contributed by atoms with Gasteiger partial charge in [0, 0.05) is 10.6 Å². The fraction of sp³-hybridized carbons (Fsp3) is 0.118. The maximum Gasteiger partial charge on any atom is 0.277 e. The molecule has 0 fully saturated rings. The first kappa shape index (κ1) is 16.8. The number of hydrogen-bond donors (Lipinski definition) is 2. The van der Waals surface area contributed by atoms with Gasteiger partial charge >= 0.3 is 0 Å². The number of benzene rings is 1. The molecule has 1 aromatic carbocycles. The van der Waals surface area contributed by atoms with Crippen LogP contribution in [-0.2, 0) is 4.79 Å². The third kappa shape index (κ3) is 4.48. The van der Waals surface area contributed by atoms with Gasteiger partial charge in [0.2, 0.25) is 0 Å². The highest BCUT2D eigenvalue weighted by Crippen LogP contribution is 2.22. The molecule has 2 aromatic heterocycles. The van der Waals surface area contributed by atoms with Gasteiger partial charge in [0.1, 0.15) is 17.2 Å². The van der Waals surface area contributed by atoms with Gasteiger partial charge in [-0.15, -0.1) is 0 Å². The van der Waals surface area contributed by atoms with E-state index in [-0.39, 0.29) is 12.5 Å². The number of ether oxygens (including phenoxy) is 1. The Morgan fingerprint density at radius 1 is 1.36 bits per heavy atom. The van der Waals surface area contributed by atoms with Gasteiger partial charge < -0.3 is 9.15 Å². The standard InChI is InChI=1S/C17H15ClN4O3/c1-11-2-7-15(25-11)17-12(9-20-22-17)8-19-21-16(23)10-24-14-5-3-13(18)4-6-14/h2-9H,10H2,1H3,(H,20,22)(H,21,23)/b19-8+. The van der Waals surface area contributed by atoms with Gasteiger partial charge in [-0.2, -0.15) is 10.2 Å². The van der Waals surface area contributed by atoms with Crippen molar-refractivity contribution in [2.75, 3.05) is 6.61 Å². The molecule has 0 spiro atoms. The van der Waals surface area contributed by atoms with Crippen molar-refractivity contribution in [3.63, 3.8) is 0 Å². The van der Waals surface area contributed by atoms with Crippen LogP contribution in [0.4, 0.5) is 0 Å². The summed E-state index contributed by atoms with van der Waals surface area (Å²) in [7, 11) is 0. The van der Waals surface area contributed by atoms with Crippen molar-refractivity contribution in [1.82, 2.24) is 15.6 Å². The topological polar surface area (TPSA) is 92.5 Å². The van der Waals surface area contributed by atoms with E-state index in [2.05, 4.69) is 20.7 Å². The molecule has 0 saturated heterocycles. The second-order valence-corrected chi connectivity index (χ2v) is 5.58. The summed E-state index contributed by atoms with van der Waals surface area (Å²) in [4.78, 5) is 11.8. The van der Waals surface area contributed by atoms with Crippen LogP contribution in [0.5, 0.6) is 5.75 Å². The lowest BCUT2D eigenvalue weighted by atomic mass is 10.2. The second-order valence-electron chi connectivity index (χ2n) is 5.15. The first-order valence-electron chi connectivity index (χ1n) is 7.42. The predicted molar refractivity (Wildman–Crippen MR) is 93.7 cm³/mol. The van der Waals surface area contributed by atoms with E-state index in [0.717, 1.165) is 5.76 Å². The lowest BCUT2D eigenvalue weighted by molar-refractivity contribution is -0.123. The number of rotatable bonds is 6. The van der Waals surface area contributed by atoms with Gasteiger partial charge in [-0.1, -0.05) is 11.6 Å². The zero-order valence-electron chi connectivity index (χ0n) is 13.3. The van der Waals surface area contributed by atoms with Crippen LogP contribution in [0.2, 0.25) is 5.02 Å². The minimum atomic E-state index is -0.384. The Labute approximate surface area is 148 Å². The highest BCUT2D eigenvalue weighted by molar-refractivity contribution is 6.30. The largest absolute Gasteiger partial charge is 0.484 e. The number of aromatic nitrogens is 2. The van der Waals surface area contributed by atoms with Gasteiger partial charge in [-0.05, 0) is 43.3 Å². The lowest BCUT2D eigenvalue weighted by Crippen LogP contribution is -2.24. The molecule has 3 rings (SSSR count). The van der Waals surface area contributed by atoms with Gasteiger partial charge in [0.05, 0.1) is 12.4 Å². The van der Waals surface area contributed by atoms with E-state index >= 15 is 0 Å². The normalized spacial score (nSPS) is 11.0. The van der Waals surface area contributed by atoms with Crippen molar-refractivity contribution in [3.8, 4) is 17.2 Å². The van der Waals surface area contributed by atoms with Crippen molar-refractivity contribution in [3.05, 3.63) is 58.9 Å². The average Bonchev–Trinajstić information content (AvgIpc) is 3.23. The average molecular weight is 359 g/mol. The van der Waals surface area contributed by atoms with E-state index in [1.807, 2.05) is 19.1 Å². The number of H-pyrrole nitrogens is 1. The molecule has 0 aliphatic carbocycles. The molecule has 8 heteroatoms. The Morgan fingerprint density at radius 3 is 2.88 bits per heavy atom. The van der Waals surface area contributed by atoms with E-state index < -0.39 is 0 Å². The number of hydrogen-bond acceptors (Lipinski definition) is 5. The summed E-state index contributed by atoms with van der Waals surface area (Å²) in [6, 6.07) is 10.4. The molecule has 2 heterocycles. The van der Waals surface area contributed by atoms with E-state index in [1.165, 1.54) is 6.21 Å². The van der Waals surface area contributed by atoms with Crippen LogP contribution in [-0.4, -0.2) is 28.9 Å². The number of aromatic amines is 1. The third-order valence-electron chi connectivity index (χ3n) is 3.23. The number of nitrogens with one attached hydrogen (secondary N) is 2. The van der Waals surface area contributed by atoms with Crippen LogP contribution in [0.3, 0.4) is 0 Å². The Hall–Kier alpha value is -3.06.